The molecule has 0 unspecified atom stereocenters. The molecule has 1 aliphatic rings. The van der Waals surface area contributed by atoms with Gasteiger partial charge in [-0.25, -0.2) is 4.68 Å². The smallest absolute Gasteiger partial charge is 0.267 e. The Morgan fingerprint density at radius 2 is 2.40 bits per heavy atom. The molecule has 20 heavy (non-hydrogen) atoms. The number of H-pyrrole nitrogens is 1. The summed E-state index contributed by atoms with van der Waals surface area (Å²) in [5, 5.41) is 7.25. The van der Waals surface area contributed by atoms with E-state index in [-0.39, 0.29) is 17.5 Å². The molecule has 0 aliphatic heterocycles. The highest BCUT2D eigenvalue weighted by Gasteiger charge is 2.22. The molecule has 0 aromatic carbocycles. The van der Waals surface area contributed by atoms with E-state index in [1.807, 2.05) is 0 Å². The zero-order valence-corrected chi connectivity index (χ0v) is 11.2. The van der Waals surface area contributed by atoms with E-state index >= 15 is 0 Å². The Morgan fingerprint density at radius 3 is 3.15 bits per heavy atom. The van der Waals surface area contributed by atoms with Crippen molar-refractivity contribution >= 4 is 5.91 Å². The predicted molar refractivity (Wildman–Crippen MR) is 73.5 cm³/mol. The van der Waals surface area contributed by atoms with Crippen LogP contribution >= 0.6 is 0 Å². The van der Waals surface area contributed by atoms with E-state index in [1.54, 1.807) is 31.4 Å². The van der Waals surface area contributed by atoms with Crippen LogP contribution in [0.5, 0.6) is 0 Å². The molecular formula is C14H16N4O2. The zero-order chi connectivity index (χ0) is 14.1. The number of aromatic nitrogens is 3. The minimum Gasteiger partial charge on any atom is -0.357 e. The first kappa shape index (κ1) is 12.7. The van der Waals surface area contributed by atoms with Crippen LogP contribution in [0.15, 0.2) is 29.2 Å². The molecule has 2 aromatic heterocycles. The summed E-state index contributed by atoms with van der Waals surface area (Å²) in [6.45, 7) is 0. The number of carbonyl (C=O) groups is 1. The van der Waals surface area contributed by atoms with Gasteiger partial charge in [-0.2, -0.15) is 5.10 Å². The number of carbonyl (C=O) groups excluding carboxylic acids is 1. The number of nitrogens with one attached hydrogen (secondary N) is 2. The number of nitrogens with zero attached hydrogens (tertiary/aromatic N) is 2. The fraction of sp³-hybridized carbons (Fsp3) is 0.357. The first-order valence-electron chi connectivity index (χ1n) is 6.64. The van der Waals surface area contributed by atoms with Gasteiger partial charge >= 0.3 is 0 Å². The number of hydrogen-bond donors (Lipinski definition) is 2. The van der Waals surface area contributed by atoms with Crippen molar-refractivity contribution in [3.05, 3.63) is 51.7 Å². The third-order valence-electron chi connectivity index (χ3n) is 3.63. The molecule has 6 nitrogen and oxygen atoms in total. The second-order valence-corrected chi connectivity index (χ2v) is 5.08. The van der Waals surface area contributed by atoms with Gasteiger partial charge in [0.05, 0.1) is 5.69 Å². The Labute approximate surface area is 115 Å². The molecule has 0 radical (unpaired) electrons. The molecule has 0 saturated heterocycles. The summed E-state index contributed by atoms with van der Waals surface area (Å²) in [6, 6.07) is 5.20. The molecule has 0 bridgehead atoms. The van der Waals surface area contributed by atoms with Crippen LogP contribution in [0.25, 0.3) is 0 Å². The summed E-state index contributed by atoms with van der Waals surface area (Å²) in [4.78, 5) is 26.5. The Morgan fingerprint density at radius 1 is 1.55 bits per heavy atom. The molecule has 104 valence electrons. The Balaban J connectivity index is 1.74. The van der Waals surface area contributed by atoms with Crippen LogP contribution in [-0.4, -0.2) is 26.7 Å². The standard InChI is InChI=1S/C14H16N4O2/c1-18-13(19)8-9-7-10(4-5-11(9)17-18)16-14(20)12-3-2-6-15-12/h2-3,6,8,10,15H,4-5,7H2,1H3,(H,16,20)/t10-/m0/s1. The fourth-order valence-corrected chi connectivity index (χ4v) is 2.54. The number of fused-ring (bicyclic) bond motifs is 1. The van der Waals surface area contributed by atoms with Crippen molar-refractivity contribution in [2.45, 2.75) is 25.3 Å². The van der Waals surface area contributed by atoms with Crippen molar-refractivity contribution in [2.24, 2.45) is 7.05 Å². The van der Waals surface area contributed by atoms with E-state index in [0.717, 1.165) is 24.1 Å². The maximum Gasteiger partial charge on any atom is 0.267 e. The van der Waals surface area contributed by atoms with Crippen LogP contribution in [0.3, 0.4) is 0 Å². The number of hydrogen-bond acceptors (Lipinski definition) is 3. The maximum absolute atomic E-state index is 12.0. The molecule has 6 heteroatoms. The van der Waals surface area contributed by atoms with Gasteiger partial charge in [-0.15, -0.1) is 0 Å². The highest BCUT2D eigenvalue weighted by Crippen LogP contribution is 2.18. The highest BCUT2D eigenvalue weighted by atomic mass is 16.2. The predicted octanol–water partition coefficient (Wildman–Crippen LogP) is 0.396. The average Bonchev–Trinajstić information content (AvgIpc) is 2.94. The first-order chi connectivity index (χ1) is 9.63. The number of aryl methyl sites for hydroxylation is 2. The van der Waals surface area contributed by atoms with Gasteiger partial charge in [-0.05, 0) is 37.0 Å². The van der Waals surface area contributed by atoms with E-state index in [9.17, 15) is 9.59 Å². The largest absolute Gasteiger partial charge is 0.357 e. The molecule has 0 saturated carbocycles. The van der Waals surface area contributed by atoms with E-state index in [2.05, 4.69) is 15.4 Å². The Hall–Kier alpha value is -2.37. The monoisotopic (exact) mass is 272 g/mol. The van der Waals surface area contributed by atoms with Crippen molar-refractivity contribution in [1.29, 1.82) is 0 Å². The van der Waals surface area contributed by atoms with Gasteiger partial charge in [-0.3, -0.25) is 9.59 Å². The lowest BCUT2D eigenvalue weighted by Crippen LogP contribution is -2.40. The lowest BCUT2D eigenvalue weighted by Gasteiger charge is -2.24. The molecule has 1 amide bonds. The van der Waals surface area contributed by atoms with Gasteiger partial charge in [0.2, 0.25) is 0 Å². The third-order valence-corrected chi connectivity index (χ3v) is 3.63. The molecule has 2 N–H and O–H groups in total. The summed E-state index contributed by atoms with van der Waals surface area (Å²) < 4.78 is 1.36. The minimum absolute atomic E-state index is 0.0483. The van der Waals surface area contributed by atoms with Gasteiger partial charge in [-0.1, -0.05) is 0 Å². The molecule has 3 rings (SSSR count). The van der Waals surface area contributed by atoms with Gasteiger partial charge in [0.15, 0.2) is 0 Å². The Kier molecular flexibility index (Phi) is 3.14. The van der Waals surface area contributed by atoms with Crippen molar-refractivity contribution in [3.8, 4) is 0 Å². The van der Waals surface area contributed by atoms with Crippen LogP contribution in [0.2, 0.25) is 0 Å². The second kappa shape index (κ2) is 4.96. The lowest BCUT2D eigenvalue weighted by atomic mass is 9.92. The average molecular weight is 272 g/mol. The number of amides is 1. The summed E-state index contributed by atoms with van der Waals surface area (Å²) in [7, 11) is 1.65. The van der Waals surface area contributed by atoms with Gasteiger partial charge in [0.25, 0.3) is 11.5 Å². The summed E-state index contributed by atoms with van der Waals surface area (Å²) in [6.07, 6.45) is 3.99. The normalized spacial score (nSPS) is 17.6. The second-order valence-electron chi connectivity index (χ2n) is 5.08. The summed E-state index contributed by atoms with van der Waals surface area (Å²) >= 11 is 0. The number of aromatic amines is 1. The molecule has 0 spiro atoms. The van der Waals surface area contributed by atoms with Crippen LogP contribution in [0, 0.1) is 0 Å². The van der Waals surface area contributed by atoms with Gasteiger partial charge in [0, 0.05) is 25.4 Å². The van der Waals surface area contributed by atoms with Crippen LogP contribution < -0.4 is 10.9 Å². The maximum atomic E-state index is 12.0. The van der Waals surface area contributed by atoms with E-state index in [1.165, 1.54) is 4.68 Å². The quantitative estimate of drug-likeness (QED) is 0.830. The molecule has 1 aliphatic carbocycles. The van der Waals surface area contributed by atoms with Crippen molar-refractivity contribution in [2.75, 3.05) is 0 Å². The van der Waals surface area contributed by atoms with Crippen molar-refractivity contribution in [1.82, 2.24) is 20.1 Å². The Bertz CT molecular complexity index is 688. The SMILES string of the molecule is Cn1nc2c(cc1=O)C[C@@H](NC(=O)c1ccc[nH]1)CC2. The summed E-state index contributed by atoms with van der Waals surface area (Å²) in [5.41, 5.74) is 2.34. The minimum atomic E-state index is -0.111. The molecule has 0 fully saturated rings. The summed E-state index contributed by atoms with van der Waals surface area (Å²) in [5.74, 6) is -0.111. The first-order valence-corrected chi connectivity index (χ1v) is 6.64. The zero-order valence-electron chi connectivity index (χ0n) is 11.2. The van der Waals surface area contributed by atoms with Crippen LogP contribution in [0.4, 0.5) is 0 Å². The van der Waals surface area contributed by atoms with Crippen LogP contribution in [0.1, 0.15) is 28.2 Å². The van der Waals surface area contributed by atoms with Crippen molar-refractivity contribution in [3.63, 3.8) is 0 Å². The topological polar surface area (TPSA) is 79.8 Å². The van der Waals surface area contributed by atoms with E-state index < -0.39 is 0 Å². The fourth-order valence-electron chi connectivity index (χ4n) is 2.54. The number of rotatable bonds is 2. The van der Waals surface area contributed by atoms with Gasteiger partial charge in [0.1, 0.15) is 5.69 Å². The molecular weight excluding hydrogens is 256 g/mol. The van der Waals surface area contributed by atoms with Crippen LogP contribution in [-0.2, 0) is 19.9 Å². The molecule has 2 heterocycles. The molecule has 2 aromatic rings. The highest BCUT2D eigenvalue weighted by molar-refractivity contribution is 5.92. The van der Waals surface area contributed by atoms with Crippen molar-refractivity contribution < 1.29 is 4.79 Å². The van der Waals surface area contributed by atoms with E-state index in [0.29, 0.717) is 12.1 Å². The van der Waals surface area contributed by atoms with E-state index in [4.69, 9.17) is 0 Å². The molecule has 1 atom stereocenters. The van der Waals surface area contributed by atoms with Gasteiger partial charge < -0.3 is 10.3 Å². The lowest BCUT2D eigenvalue weighted by molar-refractivity contribution is 0.0929. The third kappa shape index (κ3) is 2.36.